The molecule has 1 aliphatic heterocycles. The van der Waals surface area contributed by atoms with Gasteiger partial charge in [0.2, 0.25) is 0 Å². The van der Waals surface area contributed by atoms with Gasteiger partial charge in [-0.2, -0.15) is 5.10 Å². The first-order valence-corrected chi connectivity index (χ1v) is 6.74. The van der Waals surface area contributed by atoms with Crippen molar-refractivity contribution >= 4 is 23.2 Å². The molecule has 0 saturated heterocycles. The van der Waals surface area contributed by atoms with E-state index in [4.69, 9.17) is 10.1 Å². The van der Waals surface area contributed by atoms with Crippen LogP contribution in [0, 0.1) is 5.41 Å². The monoisotopic (exact) mass is 276 g/mol. The van der Waals surface area contributed by atoms with E-state index in [9.17, 15) is 0 Å². The maximum absolute atomic E-state index is 8.29. The Kier molecular flexibility index (Phi) is 4.46. The summed E-state index contributed by atoms with van der Waals surface area (Å²) < 4.78 is 5.12. The third kappa shape index (κ3) is 3.08. The molecule has 100 valence electrons. The Balaban J connectivity index is 2.21. The molecule has 1 aromatic carbocycles. The van der Waals surface area contributed by atoms with Gasteiger partial charge in [0.05, 0.1) is 12.8 Å². The molecule has 1 unspecified atom stereocenters. The fourth-order valence-corrected chi connectivity index (χ4v) is 2.47. The van der Waals surface area contributed by atoms with E-state index in [-0.39, 0.29) is 5.37 Å². The summed E-state index contributed by atoms with van der Waals surface area (Å²) in [6, 6.07) is 7.40. The fraction of sp³-hybridized carbons (Fsp3) is 0.231. The van der Waals surface area contributed by atoms with E-state index in [1.807, 2.05) is 35.9 Å². The summed E-state index contributed by atoms with van der Waals surface area (Å²) in [4.78, 5) is 0. The lowest BCUT2D eigenvalue weighted by molar-refractivity contribution is 0.415. The highest BCUT2D eigenvalue weighted by Gasteiger charge is 2.22. The van der Waals surface area contributed by atoms with Crippen LogP contribution in [0.1, 0.15) is 5.56 Å². The molecule has 1 aliphatic rings. The number of thioether (sulfide) groups is 1. The summed E-state index contributed by atoms with van der Waals surface area (Å²) in [7, 11) is 3.35. The second kappa shape index (κ2) is 6.29. The number of methoxy groups -OCH3 is 1. The molecule has 1 heterocycles. The lowest BCUT2D eigenvalue weighted by atomic mass is 10.1. The van der Waals surface area contributed by atoms with Gasteiger partial charge >= 0.3 is 0 Å². The van der Waals surface area contributed by atoms with Crippen molar-refractivity contribution in [3.05, 3.63) is 41.4 Å². The van der Waals surface area contributed by atoms with Gasteiger partial charge in [-0.05, 0) is 29.7 Å². The van der Waals surface area contributed by atoms with Crippen LogP contribution in [-0.2, 0) is 0 Å². The molecule has 0 aliphatic carbocycles. The predicted octanol–water partition coefficient (Wildman–Crippen LogP) is 1.77. The van der Waals surface area contributed by atoms with E-state index < -0.39 is 0 Å². The van der Waals surface area contributed by atoms with Crippen LogP contribution in [0.15, 0.2) is 41.0 Å². The van der Waals surface area contributed by atoms with Crippen LogP contribution in [0.5, 0.6) is 5.75 Å². The molecule has 0 bridgehead atoms. The summed E-state index contributed by atoms with van der Waals surface area (Å²) in [5.41, 5.74) is 4.63. The number of hydrazone groups is 1. The highest BCUT2D eigenvalue weighted by molar-refractivity contribution is 8.03. The van der Waals surface area contributed by atoms with Crippen LogP contribution in [0.3, 0.4) is 0 Å². The number of nitrogens with one attached hydrogen (secondary N) is 3. The molecular formula is C13H16N4OS. The summed E-state index contributed by atoms with van der Waals surface area (Å²) in [6.07, 6.45) is 1.86. The SMILES string of the molecule is CN/N=C(\C(=N)c1ccc(OC)cc1)C1NC=CS1. The average molecular weight is 276 g/mol. The van der Waals surface area contributed by atoms with Crippen molar-refractivity contribution in [2.45, 2.75) is 5.37 Å². The van der Waals surface area contributed by atoms with Crippen molar-refractivity contribution in [1.82, 2.24) is 10.7 Å². The van der Waals surface area contributed by atoms with Crippen LogP contribution in [0.2, 0.25) is 0 Å². The Hall–Kier alpha value is -1.95. The lowest BCUT2D eigenvalue weighted by Gasteiger charge is -2.15. The van der Waals surface area contributed by atoms with E-state index in [1.165, 1.54) is 0 Å². The van der Waals surface area contributed by atoms with Gasteiger partial charge in [0, 0.05) is 18.8 Å². The van der Waals surface area contributed by atoms with Crippen LogP contribution in [0.4, 0.5) is 0 Å². The molecule has 1 atom stereocenters. The molecular weight excluding hydrogens is 260 g/mol. The number of hydrogen-bond donors (Lipinski definition) is 3. The topological polar surface area (TPSA) is 69.5 Å². The molecule has 0 aromatic heterocycles. The highest BCUT2D eigenvalue weighted by atomic mass is 32.2. The van der Waals surface area contributed by atoms with E-state index in [0.29, 0.717) is 11.4 Å². The second-order valence-electron chi connectivity index (χ2n) is 3.81. The first-order chi connectivity index (χ1) is 9.26. The molecule has 6 heteroatoms. The van der Waals surface area contributed by atoms with Gasteiger partial charge in [0.1, 0.15) is 16.8 Å². The fourth-order valence-electron chi connectivity index (χ4n) is 1.70. The van der Waals surface area contributed by atoms with E-state index in [1.54, 1.807) is 25.9 Å². The Morgan fingerprint density at radius 3 is 2.68 bits per heavy atom. The van der Waals surface area contributed by atoms with Crippen molar-refractivity contribution in [2.75, 3.05) is 14.2 Å². The van der Waals surface area contributed by atoms with Gasteiger partial charge in [-0.1, -0.05) is 0 Å². The highest BCUT2D eigenvalue weighted by Crippen LogP contribution is 2.20. The van der Waals surface area contributed by atoms with Crippen LogP contribution < -0.4 is 15.5 Å². The summed E-state index contributed by atoms with van der Waals surface area (Å²) >= 11 is 1.59. The molecule has 0 radical (unpaired) electrons. The first kappa shape index (κ1) is 13.5. The Labute approximate surface area is 116 Å². The van der Waals surface area contributed by atoms with E-state index in [2.05, 4.69) is 15.8 Å². The minimum atomic E-state index is -0.0259. The number of benzene rings is 1. The minimum absolute atomic E-state index is 0.0259. The molecule has 5 nitrogen and oxygen atoms in total. The zero-order valence-corrected chi connectivity index (χ0v) is 11.6. The van der Waals surface area contributed by atoms with Crippen LogP contribution >= 0.6 is 11.8 Å². The Bertz CT molecular complexity index is 502. The summed E-state index contributed by atoms with van der Waals surface area (Å²) in [6.45, 7) is 0. The van der Waals surface area contributed by atoms with Crippen LogP contribution in [0.25, 0.3) is 0 Å². The smallest absolute Gasteiger partial charge is 0.123 e. The van der Waals surface area contributed by atoms with Crippen molar-refractivity contribution in [3.63, 3.8) is 0 Å². The van der Waals surface area contributed by atoms with Gasteiger partial charge in [-0.25, -0.2) is 0 Å². The summed E-state index contributed by atoms with van der Waals surface area (Å²) in [5, 5.41) is 17.6. The van der Waals surface area contributed by atoms with Crippen LogP contribution in [-0.4, -0.2) is 31.0 Å². The minimum Gasteiger partial charge on any atom is -0.497 e. The molecule has 0 spiro atoms. The molecule has 3 N–H and O–H groups in total. The van der Waals surface area contributed by atoms with Gasteiger partial charge in [-0.3, -0.25) is 5.41 Å². The van der Waals surface area contributed by atoms with E-state index >= 15 is 0 Å². The number of ether oxygens (including phenoxy) is 1. The summed E-state index contributed by atoms with van der Waals surface area (Å²) in [5.74, 6) is 0.777. The molecule has 19 heavy (non-hydrogen) atoms. The lowest BCUT2D eigenvalue weighted by Crippen LogP contribution is -2.34. The van der Waals surface area contributed by atoms with Gasteiger partial charge in [0.25, 0.3) is 0 Å². The normalized spacial score (nSPS) is 18.0. The molecule has 1 aromatic rings. The molecule has 0 saturated carbocycles. The zero-order valence-electron chi connectivity index (χ0n) is 10.8. The van der Waals surface area contributed by atoms with Gasteiger partial charge < -0.3 is 15.5 Å². The van der Waals surface area contributed by atoms with Crippen molar-refractivity contribution in [3.8, 4) is 5.75 Å². The Morgan fingerprint density at radius 2 is 2.16 bits per heavy atom. The van der Waals surface area contributed by atoms with Gasteiger partial charge in [-0.15, -0.1) is 11.8 Å². The molecule has 0 fully saturated rings. The standard InChI is InChI=1S/C13H16N4OS/c1-15-17-12(13-16-7-8-19-13)11(14)9-3-5-10(18-2)6-4-9/h3-8,13-16H,1-2H3/b14-11?,17-12+. The third-order valence-electron chi connectivity index (χ3n) is 2.65. The van der Waals surface area contributed by atoms with Crippen molar-refractivity contribution in [2.24, 2.45) is 5.10 Å². The zero-order chi connectivity index (χ0) is 13.7. The quantitative estimate of drug-likeness (QED) is 0.566. The third-order valence-corrected chi connectivity index (χ3v) is 3.57. The number of nitrogens with zero attached hydrogens (tertiary/aromatic N) is 1. The molecule has 0 amide bonds. The largest absolute Gasteiger partial charge is 0.497 e. The first-order valence-electron chi connectivity index (χ1n) is 5.80. The van der Waals surface area contributed by atoms with Crippen molar-refractivity contribution in [1.29, 1.82) is 5.41 Å². The maximum Gasteiger partial charge on any atom is 0.123 e. The number of hydrogen-bond acceptors (Lipinski definition) is 6. The molecule has 2 rings (SSSR count). The average Bonchev–Trinajstić information content (AvgIpc) is 2.98. The Morgan fingerprint density at radius 1 is 1.42 bits per heavy atom. The maximum atomic E-state index is 8.29. The predicted molar refractivity (Wildman–Crippen MR) is 80.0 cm³/mol. The van der Waals surface area contributed by atoms with Crippen molar-refractivity contribution < 1.29 is 4.74 Å². The van der Waals surface area contributed by atoms with E-state index in [0.717, 1.165) is 11.3 Å². The number of rotatable bonds is 5. The second-order valence-corrected chi connectivity index (χ2v) is 4.83. The van der Waals surface area contributed by atoms with Gasteiger partial charge in [0.15, 0.2) is 0 Å².